The summed E-state index contributed by atoms with van der Waals surface area (Å²) in [7, 11) is 0. The van der Waals surface area contributed by atoms with E-state index in [-0.39, 0.29) is 22.2 Å². The Kier molecular flexibility index (Phi) is 5.05. The van der Waals surface area contributed by atoms with Gasteiger partial charge in [0.2, 0.25) is 5.91 Å². The number of carbonyl (C=O) groups is 1. The standard InChI is InChI=1S/C10H20N2OS/c1-5-10(3,4)6-12-9(13)7(2)8(11)14/h7H,5-6H2,1-4H3,(H2,11,14)(H,12,13). The lowest BCUT2D eigenvalue weighted by Gasteiger charge is -2.23. The zero-order valence-corrected chi connectivity index (χ0v) is 10.2. The van der Waals surface area contributed by atoms with Crippen LogP contribution in [-0.4, -0.2) is 17.4 Å². The fraction of sp³-hybridized carbons (Fsp3) is 0.800. The van der Waals surface area contributed by atoms with Crippen molar-refractivity contribution in [2.24, 2.45) is 17.1 Å². The Labute approximate surface area is 91.4 Å². The number of nitrogens with two attached hydrogens (primary N) is 1. The van der Waals surface area contributed by atoms with Crippen LogP contribution >= 0.6 is 12.2 Å². The molecule has 0 aromatic heterocycles. The second-order valence-electron chi connectivity index (χ2n) is 4.36. The molecule has 4 heteroatoms. The second-order valence-corrected chi connectivity index (χ2v) is 4.83. The molecule has 0 heterocycles. The Balaban J connectivity index is 4.03. The molecule has 0 saturated heterocycles. The van der Waals surface area contributed by atoms with Gasteiger partial charge in [-0.05, 0) is 18.8 Å². The van der Waals surface area contributed by atoms with Gasteiger partial charge in [-0.3, -0.25) is 4.79 Å². The van der Waals surface area contributed by atoms with Gasteiger partial charge in [0.15, 0.2) is 0 Å². The van der Waals surface area contributed by atoms with Gasteiger partial charge in [0, 0.05) is 6.54 Å². The van der Waals surface area contributed by atoms with Crippen molar-refractivity contribution in [3.63, 3.8) is 0 Å². The number of thiocarbonyl (C=S) groups is 1. The van der Waals surface area contributed by atoms with Crippen molar-refractivity contribution in [3.8, 4) is 0 Å². The molecule has 0 bridgehead atoms. The summed E-state index contributed by atoms with van der Waals surface area (Å²) in [5.74, 6) is -0.461. The van der Waals surface area contributed by atoms with Crippen molar-refractivity contribution in [1.82, 2.24) is 5.32 Å². The van der Waals surface area contributed by atoms with E-state index in [9.17, 15) is 4.79 Å². The van der Waals surface area contributed by atoms with Gasteiger partial charge in [0.1, 0.15) is 0 Å². The van der Waals surface area contributed by atoms with Crippen LogP contribution < -0.4 is 11.1 Å². The summed E-state index contributed by atoms with van der Waals surface area (Å²) < 4.78 is 0. The molecular formula is C10H20N2OS. The van der Waals surface area contributed by atoms with E-state index < -0.39 is 0 Å². The zero-order valence-electron chi connectivity index (χ0n) is 9.39. The minimum atomic E-state index is -0.377. The molecule has 82 valence electrons. The lowest BCUT2D eigenvalue weighted by Crippen LogP contribution is -2.40. The van der Waals surface area contributed by atoms with E-state index >= 15 is 0 Å². The minimum Gasteiger partial charge on any atom is -0.393 e. The van der Waals surface area contributed by atoms with Crippen LogP contribution in [0, 0.1) is 11.3 Å². The van der Waals surface area contributed by atoms with Gasteiger partial charge in [-0.1, -0.05) is 33.0 Å². The molecule has 0 aliphatic rings. The van der Waals surface area contributed by atoms with Gasteiger partial charge >= 0.3 is 0 Å². The molecule has 3 nitrogen and oxygen atoms in total. The first-order valence-corrected chi connectivity index (χ1v) is 5.28. The number of nitrogens with one attached hydrogen (secondary N) is 1. The van der Waals surface area contributed by atoms with Crippen LogP contribution in [0.5, 0.6) is 0 Å². The monoisotopic (exact) mass is 216 g/mol. The van der Waals surface area contributed by atoms with Gasteiger partial charge < -0.3 is 11.1 Å². The molecule has 0 aromatic rings. The Morgan fingerprint density at radius 2 is 2.07 bits per heavy atom. The van der Waals surface area contributed by atoms with E-state index in [2.05, 4.69) is 26.1 Å². The molecule has 0 aliphatic carbocycles. The van der Waals surface area contributed by atoms with Crippen LogP contribution in [0.1, 0.15) is 34.1 Å². The summed E-state index contributed by atoms with van der Waals surface area (Å²) in [6.45, 7) is 8.70. The number of hydrogen-bond acceptors (Lipinski definition) is 2. The van der Waals surface area contributed by atoms with Crippen LogP contribution in [-0.2, 0) is 4.79 Å². The average molecular weight is 216 g/mol. The molecule has 1 amide bonds. The highest BCUT2D eigenvalue weighted by atomic mass is 32.1. The second kappa shape index (κ2) is 5.29. The van der Waals surface area contributed by atoms with E-state index in [0.717, 1.165) is 6.42 Å². The summed E-state index contributed by atoms with van der Waals surface area (Å²) >= 11 is 4.75. The zero-order chi connectivity index (χ0) is 11.4. The molecule has 0 rings (SSSR count). The van der Waals surface area contributed by atoms with Gasteiger partial charge in [-0.25, -0.2) is 0 Å². The van der Waals surface area contributed by atoms with E-state index in [0.29, 0.717) is 6.54 Å². The molecule has 0 saturated carbocycles. The summed E-state index contributed by atoms with van der Waals surface area (Å²) in [5.41, 5.74) is 5.51. The Bertz CT molecular complexity index is 226. The normalized spacial score (nSPS) is 13.4. The molecule has 0 radical (unpaired) electrons. The van der Waals surface area contributed by atoms with Gasteiger partial charge in [0.25, 0.3) is 0 Å². The van der Waals surface area contributed by atoms with Gasteiger partial charge in [-0.15, -0.1) is 0 Å². The third-order valence-corrected chi connectivity index (χ3v) is 2.87. The first kappa shape index (κ1) is 13.4. The maximum Gasteiger partial charge on any atom is 0.229 e. The largest absolute Gasteiger partial charge is 0.393 e. The Hall–Kier alpha value is -0.640. The summed E-state index contributed by atoms with van der Waals surface area (Å²) in [4.78, 5) is 11.7. The fourth-order valence-corrected chi connectivity index (χ4v) is 0.841. The predicted molar refractivity (Wildman–Crippen MR) is 63.0 cm³/mol. The fourth-order valence-electron chi connectivity index (χ4n) is 0.734. The Morgan fingerprint density at radius 3 is 2.43 bits per heavy atom. The number of carbonyl (C=O) groups excluding carboxylic acids is 1. The van der Waals surface area contributed by atoms with Crippen molar-refractivity contribution in [2.45, 2.75) is 34.1 Å². The van der Waals surface area contributed by atoms with Crippen LogP contribution in [0.2, 0.25) is 0 Å². The van der Waals surface area contributed by atoms with E-state index in [4.69, 9.17) is 18.0 Å². The van der Waals surface area contributed by atoms with Crippen molar-refractivity contribution in [2.75, 3.05) is 6.54 Å². The molecule has 0 aliphatic heterocycles. The Morgan fingerprint density at radius 1 is 1.57 bits per heavy atom. The first-order chi connectivity index (χ1) is 6.30. The highest BCUT2D eigenvalue weighted by Crippen LogP contribution is 2.17. The van der Waals surface area contributed by atoms with Gasteiger partial charge in [0.05, 0.1) is 10.9 Å². The molecule has 0 fully saturated rings. The van der Waals surface area contributed by atoms with Crippen LogP contribution in [0.15, 0.2) is 0 Å². The smallest absolute Gasteiger partial charge is 0.229 e. The highest BCUT2D eigenvalue weighted by Gasteiger charge is 2.20. The first-order valence-electron chi connectivity index (χ1n) is 4.87. The number of hydrogen-bond donors (Lipinski definition) is 2. The van der Waals surface area contributed by atoms with Crippen molar-refractivity contribution < 1.29 is 4.79 Å². The van der Waals surface area contributed by atoms with Crippen LogP contribution in [0.4, 0.5) is 0 Å². The minimum absolute atomic E-state index is 0.0842. The summed E-state index contributed by atoms with van der Waals surface area (Å²) in [6, 6.07) is 0. The van der Waals surface area contributed by atoms with Crippen molar-refractivity contribution in [1.29, 1.82) is 0 Å². The van der Waals surface area contributed by atoms with Crippen LogP contribution in [0.3, 0.4) is 0 Å². The average Bonchev–Trinajstić information content (AvgIpc) is 2.13. The molecular weight excluding hydrogens is 196 g/mol. The predicted octanol–water partition coefficient (Wildman–Crippen LogP) is 1.46. The number of amides is 1. The maximum absolute atomic E-state index is 11.5. The van der Waals surface area contributed by atoms with E-state index in [1.165, 1.54) is 0 Å². The van der Waals surface area contributed by atoms with E-state index in [1.54, 1.807) is 6.92 Å². The lowest BCUT2D eigenvalue weighted by atomic mass is 9.90. The molecule has 14 heavy (non-hydrogen) atoms. The quantitative estimate of drug-likeness (QED) is 0.684. The number of rotatable bonds is 5. The molecule has 1 atom stereocenters. The molecule has 0 aromatic carbocycles. The third kappa shape index (κ3) is 4.56. The molecule has 3 N–H and O–H groups in total. The van der Waals surface area contributed by atoms with Crippen molar-refractivity contribution in [3.05, 3.63) is 0 Å². The summed E-state index contributed by atoms with van der Waals surface area (Å²) in [5, 5.41) is 2.85. The highest BCUT2D eigenvalue weighted by molar-refractivity contribution is 7.80. The third-order valence-electron chi connectivity index (χ3n) is 2.52. The SMILES string of the molecule is CCC(C)(C)CNC(=O)C(C)C(N)=S. The van der Waals surface area contributed by atoms with Crippen molar-refractivity contribution >= 4 is 23.1 Å². The topological polar surface area (TPSA) is 55.1 Å². The lowest BCUT2D eigenvalue weighted by molar-refractivity contribution is -0.123. The summed E-state index contributed by atoms with van der Waals surface area (Å²) in [6.07, 6.45) is 1.02. The van der Waals surface area contributed by atoms with Crippen LogP contribution in [0.25, 0.3) is 0 Å². The molecule has 1 unspecified atom stereocenters. The molecule has 0 spiro atoms. The van der Waals surface area contributed by atoms with Gasteiger partial charge in [-0.2, -0.15) is 0 Å². The maximum atomic E-state index is 11.5. The van der Waals surface area contributed by atoms with E-state index in [1.807, 2.05) is 0 Å².